The molecule has 0 aliphatic heterocycles. The lowest BCUT2D eigenvalue weighted by Gasteiger charge is -2.11. The molecule has 0 aromatic heterocycles. The zero-order chi connectivity index (χ0) is 10.1. The van der Waals surface area contributed by atoms with E-state index in [1.54, 1.807) is 0 Å². The number of hydrogen-bond acceptors (Lipinski definition) is 0. The average Bonchev–Trinajstić information content (AvgIpc) is 2.67. The van der Waals surface area contributed by atoms with Crippen LogP contribution in [0.2, 0.25) is 0 Å². The van der Waals surface area contributed by atoms with Gasteiger partial charge in [-0.2, -0.15) is 0 Å². The molecular formula is C13H13Si. The summed E-state index contributed by atoms with van der Waals surface area (Å²) in [7, 11) is 3.60. The van der Waals surface area contributed by atoms with E-state index in [2.05, 4.69) is 54.5 Å². The zero-order valence-corrected chi connectivity index (χ0v) is 9.59. The summed E-state index contributed by atoms with van der Waals surface area (Å²) >= 11 is 0. The fraction of sp³-hybridized carbons (Fsp3) is 0.231. The van der Waals surface area contributed by atoms with Crippen molar-refractivity contribution in [3.05, 3.63) is 47.1 Å². The third-order valence-corrected chi connectivity index (χ3v) is 3.45. The van der Waals surface area contributed by atoms with Gasteiger partial charge in [0.05, 0.1) is 10.2 Å². The molecule has 2 rings (SSSR count). The van der Waals surface area contributed by atoms with Gasteiger partial charge in [0, 0.05) is 0 Å². The van der Waals surface area contributed by atoms with Crippen LogP contribution in [0.3, 0.4) is 0 Å². The summed E-state index contributed by atoms with van der Waals surface area (Å²) in [5.74, 6) is 0. The Bertz CT molecular complexity index is 425. The lowest BCUT2D eigenvalue weighted by molar-refractivity contribution is 1.31. The van der Waals surface area contributed by atoms with Crippen LogP contribution in [0.15, 0.2) is 30.4 Å². The van der Waals surface area contributed by atoms with Crippen LogP contribution < -0.4 is 5.19 Å². The van der Waals surface area contributed by atoms with E-state index < -0.39 is 0 Å². The first-order valence-corrected chi connectivity index (χ1v) is 5.38. The van der Waals surface area contributed by atoms with E-state index in [0.717, 1.165) is 6.42 Å². The van der Waals surface area contributed by atoms with Crippen molar-refractivity contribution in [2.45, 2.75) is 20.3 Å². The molecule has 1 aliphatic carbocycles. The molecule has 14 heavy (non-hydrogen) atoms. The van der Waals surface area contributed by atoms with Crippen LogP contribution in [0.25, 0.3) is 5.57 Å². The minimum absolute atomic E-state index is 1.07. The molecule has 0 spiro atoms. The second kappa shape index (κ2) is 3.58. The second-order valence-electron chi connectivity index (χ2n) is 3.73. The quantitative estimate of drug-likeness (QED) is 0.607. The van der Waals surface area contributed by atoms with Crippen LogP contribution in [0.4, 0.5) is 0 Å². The van der Waals surface area contributed by atoms with Gasteiger partial charge in [-0.3, -0.25) is 0 Å². The SMILES string of the molecule is Cc1c([Si])ccc(C2=CC=CC2)c1C. The Balaban J connectivity index is 2.50. The maximum Gasteiger partial charge on any atom is 0.0715 e. The summed E-state index contributed by atoms with van der Waals surface area (Å²) in [6.07, 6.45) is 7.61. The Morgan fingerprint density at radius 3 is 2.57 bits per heavy atom. The minimum Gasteiger partial charge on any atom is -0.0801 e. The van der Waals surface area contributed by atoms with Crippen molar-refractivity contribution >= 4 is 21.0 Å². The molecule has 3 radical (unpaired) electrons. The van der Waals surface area contributed by atoms with Crippen molar-refractivity contribution in [2.24, 2.45) is 0 Å². The molecule has 0 atom stereocenters. The molecule has 0 nitrogen and oxygen atoms in total. The molecule has 1 aromatic carbocycles. The topological polar surface area (TPSA) is 0 Å². The van der Waals surface area contributed by atoms with Gasteiger partial charge in [-0.25, -0.2) is 0 Å². The van der Waals surface area contributed by atoms with Gasteiger partial charge in [0.25, 0.3) is 0 Å². The molecule has 0 fully saturated rings. The van der Waals surface area contributed by atoms with Gasteiger partial charge in [0.15, 0.2) is 0 Å². The molecular weight excluding hydrogens is 184 g/mol. The number of hydrogen-bond donors (Lipinski definition) is 0. The van der Waals surface area contributed by atoms with E-state index in [-0.39, 0.29) is 0 Å². The van der Waals surface area contributed by atoms with Gasteiger partial charge in [-0.1, -0.05) is 35.5 Å². The fourth-order valence-electron chi connectivity index (χ4n) is 1.82. The third-order valence-electron chi connectivity index (χ3n) is 2.90. The van der Waals surface area contributed by atoms with Gasteiger partial charge in [-0.05, 0) is 42.5 Å². The highest BCUT2D eigenvalue weighted by Crippen LogP contribution is 2.26. The van der Waals surface area contributed by atoms with E-state index >= 15 is 0 Å². The van der Waals surface area contributed by atoms with Gasteiger partial charge >= 0.3 is 0 Å². The van der Waals surface area contributed by atoms with Crippen molar-refractivity contribution in [3.8, 4) is 0 Å². The summed E-state index contributed by atoms with van der Waals surface area (Å²) < 4.78 is 0. The maximum atomic E-state index is 3.60. The third kappa shape index (κ3) is 1.48. The first kappa shape index (κ1) is 9.47. The smallest absolute Gasteiger partial charge is 0.0715 e. The fourth-order valence-corrected chi connectivity index (χ4v) is 2.09. The van der Waals surface area contributed by atoms with Gasteiger partial charge in [0.2, 0.25) is 0 Å². The highest BCUT2D eigenvalue weighted by Gasteiger charge is 2.08. The van der Waals surface area contributed by atoms with Crippen LogP contribution >= 0.6 is 0 Å². The lowest BCUT2D eigenvalue weighted by Crippen LogP contribution is -2.09. The molecule has 0 heterocycles. The number of benzene rings is 1. The molecule has 1 heteroatoms. The lowest BCUT2D eigenvalue weighted by atomic mass is 9.96. The Kier molecular flexibility index (Phi) is 2.42. The summed E-state index contributed by atoms with van der Waals surface area (Å²) in [5.41, 5.74) is 5.53. The van der Waals surface area contributed by atoms with Crippen molar-refractivity contribution in [3.63, 3.8) is 0 Å². The predicted molar refractivity (Wildman–Crippen MR) is 63.0 cm³/mol. The summed E-state index contributed by atoms with van der Waals surface area (Å²) in [6, 6.07) is 4.33. The maximum absolute atomic E-state index is 3.60. The van der Waals surface area contributed by atoms with Crippen LogP contribution in [0.5, 0.6) is 0 Å². The van der Waals surface area contributed by atoms with Gasteiger partial charge < -0.3 is 0 Å². The molecule has 0 bridgehead atoms. The molecule has 69 valence electrons. The first-order chi connectivity index (χ1) is 6.70. The average molecular weight is 197 g/mol. The van der Waals surface area contributed by atoms with Crippen molar-refractivity contribution < 1.29 is 0 Å². The highest BCUT2D eigenvalue weighted by molar-refractivity contribution is 6.33. The number of rotatable bonds is 1. The van der Waals surface area contributed by atoms with E-state index in [1.165, 1.54) is 27.5 Å². The molecule has 0 saturated heterocycles. The van der Waals surface area contributed by atoms with E-state index in [1.807, 2.05) is 0 Å². The minimum atomic E-state index is 1.07. The van der Waals surface area contributed by atoms with Crippen LogP contribution in [0, 0.1) is 13.8 Å². The van der Waals surface area contributed by atoms with Crippen LogP contribution in [-0.4, -0.2) is 10.2 Å². The normalized spacial score (nSPS) is 14.6. The highest BCUT2D eigenvalue weighted by atomic mass is 28.1. The zero-order valence-electron chi connectivity index (χ0n) is 8.59. The van der Waals surface area contributed by atoms with E-state index in [0.29, 0.717) is 0 Å². The Morgan fingerprint density at radius 1 is 1.14 bits per heavy atom. The standard InChI is InChI=1S/C13H13Si/c1-9-10(2)13(14)8-7-12(9)11-5-3-4-6-11/h3-5,7-8H,6H2,1-2H3. The molecule has 0 amide bonds. The summed E-state index contributed by atoms with van der Waals surface area (Å²) in [5, 5.41) is 1.19. The molecule has 0 N–H and O–H groups in total. The monoisotopic (exact) mass is 197 g/mol. The van der Waals surface area contributed by atoms with Crippen LogP contribution in [-0.2, 0) is 0 Å². The Hall–Kier alpha value is -1.08. The largest absolute Gasteiger partial charge is 0.0801 e. The first-order valence-electron chi connectivity index (χ1n) is 4.88. The van der Waals surface area contributed by atoms with Crippen LogP contribution in [0.1, 0.15) is 23.1 Å². The van der Waals surface area contributed by atoms with Crippen molar-refractivity contribution in [1.29, 1.82) is 0 Å². The second-order valence-corrected chi connectivity index (χ2v) is 4.27. The van der Waals surface area contributed by atoms with E-state index in [4.69, 9.17) is 0 Å². The predicted octanol–water partition coefficient (Wildman–Crippen LogP) is 2.44. The molecule has 1 aliphatic rings. The Labute approximate surface area is 88.8 Å². The van der Waals surface area contributed by atoms with E-state index in [9.17, 15) is 0 Å². The molecule has 0 unspecified atom stereocenters. The summed E-state index contributed by atoms with van der Waals surface area (Å²) in [6.45, 7) is 4.34. The number of allylic oxidation sites excluding steroid dienone is 4. The van der Waals surface area contributed by atoms with Crippen molar-refractivity contribution in [2.75, 3.05) is 0 Å². The molecule has 0 saturated carbocycles. The van der Waals surface area contributed by atoms with Gasteiger partial charge in [-0.15, -0.1) is 0 Å². The van der Waals surface area contributed by atoms with Gasteiger partial charge in [0.1, 0.15) is 0 Å². The summed E-state index contributed by atoms with van der Waals surface area (Å²) in [4.78, 5) is 0. The molecule has 1 aromatic rings. The van der Waals surface area contributed by atoms with Crippen molar-refractivity contribution in [1.82, 2.24) is 0 Å². The Morgan fingerprint density at radius 2 is 1.93 bits per heavy atom.